The Balaban J connectivity index is 1.67. The molecule has 2 amide bonds. The molecule has 1 aliphatic carbocycles. The summed E-state index contributed by atoms with van der Waals surface area (Å²) in [6.07, 6.45) is 1.49. The SMILES string of the molecule is CCNC(=O)c1ccc(C(=O)N2CC[C@@]3(C)c4cccc(O)c4C[C@@H]2C3(C)C)cc1. The fourth-order valence-electron chi connectivity index (χ4n) is 5.36. The van der Waals surface area contributed by atoms with Crippen LogP contribution in [-0.4, -0.2) is 41.0 Å². The average Bonchev–Trinajstić information content (AvgIpc) is 2.71. The van der Waals surface area contributed by atoms with Gasteiger partial charge in [0.15, 0.2) is 0 Å². The summed E-state index contributed by atoms with van der Waals surface area (Å²) in [6.45, 7) is 9.86. The maximum absolute atomic E-state index is 13.5. The van der Waals surface area contributed by atoms with Crippen LogP contribution in [0, 0.1) is 5.41 Å². The van der Waals surface area contributed by atoms with E-state index in [-0.39, 0.29) is 28.7 Å². The van der Waals surface area contributed by atoms with Crippen molar-refractivity contribution in [1.29, 1.82) is 0 Å². The summed E-state index contributed by atoms with van der Waals surface area (Å²) in [5.41, 5.74) is 3.07. The van der Waals surface area contributed by atoms with E-state index in [0.717, 1.165) is 12.0 Å². The Morgan fingerprint density at radius 1 is 1.10 bits per heavy atom. The van der Waals surface area contributed by atoms with Crippen molar-refractivity contribution in [2.24, 2.45) is 5.41 Å². The maximum atomic E-state index is 13.5. The third-order valence-electron chi connectivity index (χ3n) is 7.62. The minimum Gasteiger partial charge on any atom is -0.508 e. The molecule has 1 heterocycles. The van der Waals surface area contributed by atoms with Gasteiger partial charge < -0.3 is 15.3 Å². The number of rotatable bonds is 3. The Kier molecular flexibility index (Phi) is 4.88. The Bertz CT molecular complexity index is 996. The molecule has 1 aliphatic heterocycles. The second-order valence-corrected chi connectivity index (χ2v) is 9.26. The lowest BCUT2D eigenvalue weighted by atomic mass is 9.51. The number of benzene rings is 2. The van der Waals surface area contributed by atoms with Gasteiger partial charge in [0.2, 0.25) is 0 Å². The number of carbonyl (C=O) groups excluding carboxylic acids is 2. The smallest absolute Gasteiger partial charge is 0.254 e. The van der Waals surface area contributed by atoms with Crippen LogP contribution in [-0.2, 0) is 11.8 Å². The third-order valence-corrected chi connectivity index (χ3v) is 7.62. The molecule has 4 rings (SSSR count). The summed E-state index contributed by atoms with van der Waals surface area (Å²) in [5.74, 6) is 0.169. The number of amides is 2. The number of hydrogen-bond acceptors (Lipinski definition) is 3. The van der Waals surface area contributed by atoms with E-state index in [1.165, 1.54) is 5.56 Å². The van der Waals surface area contributed by atoms with Gasteiger partial charge in [-0.3, -0.25) is 9.59 Å². The Morgan fingerprint density at radius 2 is 1.77 bits per heavy atom. The molecular weight excluding hydrogens is 376 g/mol. The fourth-order valence-corrected chi connectivity index (χ4v) is 5.36. The van der Waals surface area contributed by atoms with Crippen LogP contribution >= 0.6 is 0 Å². The Labute approximate surface area is 178 Å². The van der Waals surface area contributed by atoms with Crippen molar-refractivity contribution >= 4 is 11.8 Å². The Morgan fingerprint density at radius 3 is 2.43 bits per heavy atom. The van der Waals surface area contributed by atoms with Crippen LogP contribution in [0.15, 0.2) is 42.5 Å². The van der Waals surface area contributed by atoms with Crippen molar-refractivity contribution < 1.29 is 14.7 Å². The Hall–Kier alpha value is -2.82. The number of likely N-dealkylation sites (tertiary alicyclic amines) is 1. The van der Waals surface area contributed by atoms with Gasteiger partial charge in [-0.15, -0.1) is 0 Å². The molecule has 158 valence electrons. The molecule has 2 aromatic carbocycles. The number of piperidine rings is 1. The molecule has 5 nitrogen and oxygen atoms in total. The monoisotopic (exact) mass is 406 g/mol. The lowest BCUT2D eigenvalue weighted by Crippen LogP contribution is -2.64. The van der Waals surface area contributed by atoms with Crippen LogP contribution in [0.3, 0.4) is 0 Å². The van der Waals surface area contributed by atoms with Crippen LogP contribution < -0.4 is 5.32 Å². The van der Waals surface area contributed by atoms with Gasteiger partial charge in [-0.25, -0.2) is 0 Å². The van der Waals surface area contributed by atoms with Crippen molar-refractivity contribution in [1.82, 2.24) is 10.2 Å². The van der Waals surface area contributed by atoms with E-state index in [4.69, 9.17) is 0 Å². The van der Waals surface area contributed by atoms with Crippen LogP contribution in [0.2, 0.25) is 0 Å². The predicted molar refractivity (Wildman–Crippen MR) is 117 cm³/mol. The summed E-state index contributed by atoms with van der Waals surface area (Å²) in [6, 6.07) is 12.7. The molecule has 1 saturated heterocycles. The van der Waals surface area contributed by atoms with Crippen LogP contribution in [0.1, 0.15) is 66.0 Å². The number of nitrogens with one attached hydrogen (secondary N) is 1. The number of nitrogens with zero attached hydrogens (tertiary/aromatic N) is 1. The molecule has 2 aromatic rings. The molecule has 2 N–H and O–H groups in total. The van der Waals surface area contributed by atoms with Gasteiger partial charge >= 0.3 is 0 Å². The van der Waals surface area contributed by atoms with Crippen molar-refractivity contribution in [3.05, 3.63) is 64.7 Å². The van der Waals surface area contributed by atoms with Gasteiger partial charge in [0.1, 0.15) is 5.75 Å². The lowest BCUT2D eigenvalue weighted by molar-refractivity contribution is -0.0266. The van der Waals surface area contributed by atoms with Gasteiger partial charge in [0.25, 0.3) is 11.8 Å². The third kappa shape index (κ3) is 2.91. The highest BCUT2D eigenvalue weighted by atomic mass is 16.3. The minimum absolute atomic E-state index is 0.00684. The molecule has 0 unspecified atom stereocenters. The molecule has 30 heavy (non-hydrogen) atoms. The number of phenols is 1. The summed E-state index contributed by atoms with van der Waals surface area (Å²) in [7, 11) is 0. The zero-order chi connectivity index (χ0) is 21.7. The van der Waals surface area contributed by atoms with Gasteiger partial charge in [0.05, 0.1) is 0 Å². The average molecular weight is 407 g/mol. The molecule has 5 heteroatoms. The zero-order valence-electron chi connectivity index (χ0n) is 18.2. The number of carbonyl (C=O) groups is 2. The summed E-state index contributed by atoms with van der Waals surface area (Å²) in [5, 5.41) is 13.3. The van der Waals surface area contributed by atoms with E-state index in [1.54, 1.807) is 30.3 Å². The molecule has 0 aromatic heterocycles. The number of hydrogen-bond donors (Lipinski definition) is 2. The van der Waals surface area contributed by atoms with Gasteiger partial charge in [0, 0.05) is 35.7 Å². The van der Waals surface area contributed by atoms with Crippen molar-refractivity contribution in [3.8, 4) is 5.75 Å². The molecular formula is C25H30N2O3. The molecule has 0 spiro atoms. The lowest BCUT2D eigenvalue weighted by Gasteiger charge is -2.60. The summed E-state index contributed by atoms with van der Waals surface area (Å²) < 4.78 is 0. The van der Waals surface area contributed by atoms with E-state index in [9.17, 15) is 14.7 Å². The predicted octanol–water partition coefficient (Wildman–Crippen LogP) is 3.90. The number of aromatic hydroxyl groups is 1. The first-order chi connectivity index (χ1) is 14.2. The molecule has 2 atom stereocenters. The number of fused-ring (bicyclic) bond motifs is 4. The number of phenolic OH excluding ortho intramolecular Hbond substituents is 1. The van der Waals surface area contributed by atoms with Crippen LogP contribution in [0.4, 0.5) is 0 Å². The topological polar surface area (TPSA) is 69.6 Å². The van der Waals surface area contributed by atoms with Crippen molar-refractivity contribution in [3.63, 3.8) is 0 Å². The zero-order valence-corrected chi connectivity index (χ0v) is 18.2. The molecule has 1 fully saturated rings. The first-order valence-corrected chi connectivity index (χ1v) is 10.7. The molecule has 0 radical (unpaired) electrons. The van der Waals surface area contributed by atoms with Crippen molar-refractivity contribution in [2.75, 3.05) is 13.1 Å². The quantitative estimate of drug-likeness (QED) is 0.812. The molecule has 2 aliphatic rings. The summed E-state index contributed by atoms with van der Waals surface area (Å²) in [4.78, 5) is 27.4. The van der Waals surface area contributed by atoms with Gasteiger partial charge in [-0.2, -0.15) is 0 Å². The second-order valence-electron chi connectivity index (χ2n) is 9.26. The van der Waals surface area contributed by atoms with E-state index in [0.29, 0.717) is 36.4 Å². The van der Waals surface area contributed by atoms with Gasteiger partial charge in [-0.05, 0) is 66.6 Å². The van der Waals surface area contributed by atoms with E-state index in [2.05, 4.69) is 32.2 Å². The van der Waals surface area contributed by atoms with E-state index in [1.807, 2.05) is 17.9 Å². The van der Waals surface area contributed by atoms with Gasteiger partial charge in [-0.1, -0.05) is 32.9 Å². The highest BCUT2D eigenvalue weighted by Crippen LogP contribution is 2.57. The first kappa shape index (κ1) is 20.5. The highest BCUT2D eigenvalue weighted by molar-refractivity contribution is 5.98. The van der Waals surface area contributed by atoms with E-state index >= 15 is 0 Å². The molecule has 2 bridgehead atoms. The highest BCUT2D eigenvalue weighted by Gasteiger charge is 2.57. The largest absolute Gasteiger partial charge is 0.508 e. The first-order valence-electron chi connectivity index (χ1n) is 10.7. The fraction of sp³-hybridized carbons (Fsp3) is 0.440. The standard InChI is InChI=1S/C25H30N2O3/c1-5-26-22(29)16-9-11-17(12-10-16)23(30)27-14-13-25(4)19-7-6-8-20(28)18(19)15-21(27)24(25,2)3/h6-12,21,28H,5,13-15H2,1-4H3,(H,26,29)/t21-,25+/m1/s1. The van der Waals surface area contributed by atoms with Crippen LogP contribution in [0.5, 0.6) is 5.75 Å². The van der Waals surface area contributed by atoms with Crippen molar-refractivity contribution in [2.45, 2.75) is 52.0 Å². The van der Waals surface area contributed by atoms with Crippen LogP contribution in [0.25, 0.3) is 0 Å². The molecule has 0 saturated carbocycles. The maximum Gasteiger partial charge on any atom is 0.254 e. The normalized spacial score (nSPS) is 24.1. The minimum atomic E-state index is -0.136. The second kappa shape index (κ2) is 7.15. The summed E-state index contributed by atoms with van der Waals surface area (Å²) >= 11 is 0. The van der Waals surface area contributed by atoms with E-state index < -0.39 is 0 Å².